The van der Waals surface area contributed by atoms with Crippen LogP contribution in [0.15, 0.2) is 6.33 Å². The lowest BCUT2D eigenvalue weighted by molar-refractivity contribution is 0.884. The summed E-state index contributed by atoms with van der Waals surface area (Å²) in [7, 11) is 1.89. The number of hydrogen-bond donors (Lipinski definition) is 0. The molecular weight excluding hydrogens is 176 g/mol. The van der Waals surface area contributed by atoms with E-state index in [4.69, 9.17) is 11.6 Å². The molecule has 0 N–H and O–H groups in total. The summed E-state index contributed by atoms with van der Waals surface area (Å²) in [4.78, 5) is 12.1. The molecule has 0 unspecified atom stereocenters. The predicted molar refractivity (Wildman–Crippen MR) is 46.1 cm³/mol. The Balaban J connectivity index is 2.97. The van der Waals surface area contributed by atoms with Crippen molar-refractivity contribution in [3.05, 3.63) is 17.3 Å². The highest BCUT2D eigenvalue weighted by atomic mass is 35.5. The molecule has 0 fully saturated rings. The zero-order chi connectivity index (χ0) is 8.72. The summed E-state index contributed by atoms with van der Waals surface area (Å²) < 4.78 is 1.87. The van der Waals surface area contributed by atoms with Gasteiger partial charge in [-0.3, -0.25) is 0 Å². The minimum atomic E-state index is 0.447. The third-order valence-electron chi connectivity index (χ3n) is 1.85. The van der Waals surface area contributed by atoms with E-state index in [-0.39, 0.29) is 0 Å². The first-order valence-corrected chi connectivity index (χ1v) is 3.87. The Morgan fingerprint density at radius 3 is 2.83 bits per heavy atom. The van der Waals surface area contributed by atoms with E-state index in [1.54, 1.807) is 0 Å². The minimum absolute atomic E-state index is 0.447. The fourth-order valence-electron chi connectivity index (χ4n) is 1.11. The standard InChI is InChI=1S/C7H7ClN4/c1-4-11-7-5(12(4)2)6(8)9-3-10-7/h3H,1-2H3. The van der Waals surface area contributed by atoms with Gasteiger partial charge in [0.25, 0.3) is 0 Å². The molecule has 0 spiro atoms. The van der Waals surface area contributed by atoms with Crippen LogP contribution in [-0.4, -0.2) is 19.5 Å². The molecular formula is C7H7ClN4. The fraction of sp³-hybridized carbons (Fsp3) is 0.286. The van der Waals surface area contributed by atoms with Crippen LogP contribution >= 0.6 is 11.6 Å². The largest absolute Gasteiger partial charge is 0.327 e. The molecule has 0 amide bonds. The summed E-state index contributed by atoms with van der Waals surface area (Å²) in [5, 5.41) is 0.447. The lowest BCUT2D eigenvalue weighted by atomic mass is 10.5. The molecule has 0 bridgehead atoms. The molecule has 0 aliphatic heterocycles. The maximum Gasteiger partial charge on any atom is 0.182 e. The van der Waals surface area contributed by atoms with Gasteiger partial charge in [0.15, 0.2) is 10.8 Å². The second kappa shape index (κ2) is 2.42. The maximum atomic E-state index is 5.86. The molecule has 2 rings (SSSR count). The van der Waals surface area contributed by atoms with Gasteiger partial charge in [0, 0.05) is 7.05 Å². The number of aryl methyl sites for hydroxylation is 2. The quantitative estimate of drug-likeness (QED) is 0.578. The van der Waals surface area contributed by atoms with Crippen molar-refractivity contribution in [3.63, 3.8) is 0 Å². The number of halogens is 1. The van der Waals surface area contributed by atoms with Crippen molar-refractivity contribution in [1.29, 1.82) is 0 Å². The van der Waals surface area contributed by atoms with E-state index >= 15 is 0 Å². The van der Waals surface area contributed by atoms with Crippen LogP contribution in [0, 0.1) is 6.92 Å². The van der Waals surface area contributed by atoms with Gasteiger partial charge in [-0.15, -0.1) is 0 Å². The molecule has 62 valence electrons. The Bertz CT molecular complexity index is 434. The highest BCUT2D eigenvalue weighted by Crippen LogP contribution is 2.18. The summed E-state index contributed by atoms with van der Waals surface area (Å²) in [5.74, 6) is 0.882. The SMILES string of the molecule is Cc1nc2ncnc(Cl)c2n1C. The first kappa shape index (κ1) is 7.49. The second-order valence-electron chi connectivity index (χ2n) is 2.55. The molecule has 0 aliphatic rings. The van der Waals surface area contributed by atoms with Crippen LogP contribution in [0.5, 0.6) is 0 Å². The number of nitrogens with zero attached hydrogens (tertiary/aromatic N) is 4. The lowest BCUT2D eigenvalue weighted by Gasteiger charge is -1.95. The Morgan fingerprint density at radius 1 is 1.42 bits per heavy atom. The molecule has 2 aromatic heterocycles. The van der Waals surface area contributed by atoms with E-state index in [0.29, 0.717) is 10.8 Å². The van der Waals surface area contributed by atoms with E-state index in [2.05, 4.69) is 15.0 Å². The van der Waals surface area contributed by atoms with Crippen molar-refractivity contribution >= 4 is 22.8 Å². The van der Waals surface area contributed by atoms with Crippen molar-refractivity contribution < 1.29 is 0 Å². The van der Waals surface area contributed by atoms with E-state index in [0.717, 1.165) is 11.3 Å². The van der Waals surface area contributed by atoms with Crippen LogP contribution in [0.4, 0.5) is 0 Å². The number of aromatic nitrogens is 4. The van der Waals surface area contributed by atoms with Gasteiger partial charge in [-0.25, -0.2) is 15.0 Å². The number of rotatable bonds is 0. The van der Waals surface area contributed by atoms with Gasteiger partial charge in [-0.1, -0.05) is 11.6 Å². The second-order valence-corrected chi connectivity index (χ2v) is 2.91. The molecule has 5 heteroatoms. The predicted octanol–water partition coefficient (Wildman–Crippen LogP) is 1.33. The van der Waals surface area contributed by atoms with Gasteiger partial charge in [0.05, 0.1) is 0 Å². The first-order valence-electron chi connectivity index (χ1n) is 3.49. The van der Waals surface area contributed by atoms with E-state index in [1.165, 1.54) is 6.33 Å². The van der Waals surface area contributed by atoms with Gasteiger partial charge >= 0.3 is 0 Å². The van der Waals surface area contributed by atoms with Crippen LogP contribution in [0.1, 0.15) is 5.82 Å². The monoisotopic (exact) mass is 182 g/mol. The van der Waals surface area contributed by atoms with Gasteiger partial charge in [0.2, 0.25) is 0 Å². The highest BCUT2D eigenvalue weighted by Gasteiger charge is 2.08. The van der Waals surface area contributed by atoms with Gasteiger partial charge in [-0.2, -0.15) is 0 Å². The normalized spacial score (nSPS) is 10.9. The summed E-state index contributed by atoms with van der Waals surface area (Å²) in [6.07, 6.45) is 1.41. The number of hydrogen-bond acceptors (Lipinski definition) is 3. The summed E-state index contributed by atoms with van der Waals surface area (Å²) in [6, 6.07) is 0. The Labute approximate surface area is 74.2 Å². The maximum absolute atomic E-state index is 5.86. The van der Waals surface area contributed by atoms with Crippen molar-refractivity contribution in [3.8, 4) is 0 Å². The van der Waals surface area contributed by atoms with Gasteiger partial charge < -0.3 is 4.57 Å². The fourth-order valence-corrected chi connectivity index (χ4v) is 1.36. The smallest absolute Gasteiger partial charge is 0.182 e. The van der Waals surface area contributed by atoms with Crippen molar-refractivity contribution in [2.24, 2.45) is 7.05 Å². The third-order valence-corrected chi connectivity index (χ3v) is 2.12. The Hall–Kier alpha value is -1.16. The van der Waals surface area contributed by atoms with E-state index in [9.17, 15) is 0 Å². The number of imidazole rings is 1. The van der Waals surface area contributed by atoms with Crippen molar-refractivity contribution in [1.82, 2.24) is 19.5 Å². The molecule has 12 heavy (non-hydrogen) atoms. The van der Waals surface area contributed by atoms with Crippen LogP contribution < -0.4 is 0 Å². The molecule has 0 saturated heterocycles. The average Bonchev–Trinajstić information content (AvgIpc) is 2.29. The molecule has 0 aromatic carbocycles. The van der Waals surface area contributed by atoms with Crippen LogP contribution in [0.25, 0.3) is 11.2 Å². The molecule has 2 heterocycles. The van der Waals surface area contributed by atoms with E-state index < -0.39 is 0 Å². The van der Waals surface area contributed by atoms with Gasteiger partial charge in [0.1, 0.15) is 17.7 Å². The van der Waals surface area contributed by atoms with Crippen molar-refractivity contribution in [2.75, 3.05) is 0 Å². The first-order chi connectivity index (χ1) is 5.70. The molecule has 4 nitrogen and oxygen atoms in total. The highest BCUT2D eigenvalue weighted by molar-refractivity contribution is 6.33. The molecule has 0 radical (unpaired) electrons. The lowest BCUT2D eigenvalue weighted by Crippen LogP contribution is -1.91. The topological polar surface area (TPSA) is 43.6 Å². The minimum Gasteiger partial charge on any atom is -0.327 e. The third kappa shape index (κ3) is 0.881. The van der Waals surface area contributed by atoms with Crippen LogP contribution in [-0.2, 0) is 7.05 Å². The zero-order valence-corrected chi connectivity index (χ0v) is 7.50. The average molecular weight is 183 g/mol. The summed E-state index contributed by atoms with van der Waals surface area (Å²) in [6.45, 7) is 1.90. The zero-order valence-electron chi connectivity index (χ0n) is 6.74. The van der Waals surface area contributed by atoms with E-state index in [1.807, 2.05) is 18.5 Å². The Morgan fingerprint density at radius 2 is 2.17 bits per heavy atom. The van der Waals surface area contributed by atoms with Crippen LogP contribution in [0.2, 0.25) is 5.15 Å². The Kier molecular flexibility index (Phi) is 1.51. The number of fused-ring (bicyclic) bond motifs is 1. The van der Waals surface area contributed by atoms with Crippen LogP contribution in [0.3, 0.4) is 0 Å². The summed E-state index contributed by atoms with van der Waals surface area (Å²) in [5.41, 5.74) is 1.44. The van der Waals surface area contributed by atoms with Gasteiger partial charge in [-0.05, 0) is 6.92 Å². The molecule has 2 aromatic rings. The van der Waals surface area contributed by atoms with Crippen molar-refractivity contribution in [2.45, 2.75) is 6.92 Å². The molecule has 0 aliphatic carbocycles. The summed E-state index contributed by atoms with van der Waals surface area (Å²) >= 11 is 5.86. The molecule has 0 saturated carbocycles. The molecule has 0 atom stereocenters.